The molecule has 6 rings (SSSR count). The van der Waals surface area contributed by atoms with Crippen molar-refractivity contribution in [3.63, 3.8) is 0 Å². The van der Waals surface area contributed by atoms with Gasteiger partial charge >= 0.3 is 0 Å². The highest BCUT2D eigenvalue weighted by atomic mass is 127. The molecule has 22 heavy (non-hydrogen) atoms. The fraction of sp³-hybridized carbons (Fsp3) is 1.00. The molecule has 2 saturated heterocycles. The molecule has 10 atom stereocenters. The largest absolute Gasteiger partial charge is 0.370 e. The summed E-state index contributed by atoms with van der Waals surface area (Å²) < 4.78 is 12.3. The number of alkyl halides is 1. The Morgan fingerprint density at radius 1 is 1.00 bits per heavy atom. The van der Waals surface area contributed by atoms with Crippen molar-refractivity contribution in [1.29, 1.82) is 0 Å². The minimum atomic E-state index is 0.204. The smallest absolute Gasteiger partial charge is 0.151 e. The van der Waals surface area contributed by atoms with Gasteiger partial charge in [-0.3, -0.25) is 0 Å². The highest BCUT2D eigenvalue weighted by Crippen LogP contribution is 2.76. The van der Waals surface area contributed by atoms with Gasteiger partial charge in [0.2, 0.25) is 0 Å². The molecule has 4 saturated carbocycles. The summed E-state index contributed by atoms with van der Waals surface area (Å²) in [5, 5.41) is 0. The third-order valence-corrected chi connectivity index (χ3v) is 11.4. The molecule has 0 radical (unpaired) electrons. The number of fused-ring (bicyclic) bond motifs is 8. The molecule has 6 aliphatic rings. The summed E-state index contributed by atoms with van der Waals surface area (Å²) in [5.41, 5.74) is 1.03. The normalized spacial score (nSPS) is 70.8. The third-order valence-electron chi connectivity index (χ3n) is 9.22. The van der Waals surface area contributed by atoms with Crippen LogP contribution in [0.2, 0.25) is 0 Å². The number of hydrogen-bond donors (Lipinski definition) is 0. The predicted molar refractivity (Wildman–Crippen MR) is 92.8 cm³/mol. The first-order valence-electron chi connectivity index (χ1n) is 9.48. The first-order chi connectivity index (χ1) is 10.5. The van der Waals surface area contributed by atoms with Crippen LogP contribution in [0.4, 0.5) is 0 Å². The summed E-state index contributed by atoms with van der Waals surface area (Å²) in [6.45, 7) is 5.20. The van der Waals surface area contributed by atoms with Gasteiger partial charge in [-0.25, -0.2) is 0 Å². The van der Waals surface area contributed by atoms with E-state index in [0.717, 1.165) is 23.7 Å². The second kappa shape index (κ2) is 3.90. The van der Waals surface area contributed by atoms with Crippen molar-refractivity contribution >= 4 is 22.6 Å². The topological polar surface area (TPSA) is 25.1 Å². The zero-order valence-electron chi connectivity index (χ0n) is 13.7. The van der Waals surface area contributed by atoms with E-state index >= 15 is 0 Å². The summed E-state index contributed by atoms with van der Waals surface area (Å²) >= 11 is 2.66. The second-order valence-electron chi connectivity index (χ2n) is 9.75. The lowest BCUT2D eigenvalue weighted by Gasteiger charge is -2.60. The maximum absolute atomic E-state index is 6.11. The van der Waals surface area contributed by atoms with E-state index in [1.165, 1.54) is 44.9 Å². The Balaban J connectivity index is 1.36. The average Bonchev–Trinajstić information content (AvgIpc) is 3.34. The molecule has 0 aromatic rings. The van der Waals surface area contributed by atoms with Crippen molar-refractivity contribution in [3.05, 3.63) is 0 Å². The van der Waals surface area contributed by atoms with Crippen molar-refractivity contribution in [2.45, 2.75) is 80.7 Å². The molecule has 0 bridgehead atoms. The van der Waals surface area contributed by atoms with E-state index < -0.39 is 0 Å². The lowest BCUT2D eigenvalue weighted by atomic mass is 9.45. The minimum Gasteiger partial charge on any atom is -0.370 e. The van der Waals surface area contributed by atoms with Gasteiger partial charge in [0.1, 0.15) is 0 Å². The van der Waals surface area contributed by atoms with Crippen LogP contribution < -0.4 is 0 Å². The summed E-state index contributed by atoms with van der Waals surface area (Å²) in [5.74, 6) is 3.81. The van der Waals surface area contributed by atoms with E-state index in [1.54, 1.807) is 0 Å². The Bertz CT molecular complexity index is 552. The van der Waals surface area contributed by atoms with Gasteiger partial charge in [0, 0.05) is 5.41 Å². The van der Waals surface area contributed by atoms with Crippen LogP contribution in [-0.2, 0) is 9.47 Å². The minimum absolute atomic E-state index is 0.204. The van der Waals surface area contributed by atoms with Crippen molar-refractivity contribution in [2.75, 3.05) is 0 Å². The fourth-order valence-electron chi connectivity index (χ4n) is 7.80. The van der Waals surface area contributed by atoms with Gasteiger partial charge < -0.3 is 9.47 Å². The summed E-state index contributed by atoms with van der Waals surface area (Å²) in [7, 11) is 0. The molecule has 0 unspecified atom stereocenters. The van der Waals surface area contributed by atoms with Crippen molar-refractivity contribution in [2.24, 2.45) is 34.5 Å². The van der Waals surface area contributed by atoms with Crippen LogP contribution in [0.25, 0.3) is 0 Å². The third kappa shape index (κ3) is 1.43. The zero-order chi connectivity index (χ0) is 14.9. The van der Waals surface area contributed by atoms with Gasteiger partial charge in [-0.2, -0.15) is 0 Å². The lowest BCUT2D eigenvalue weighted by molar-refractivity contribution is -0.115. The van der Waals surface area contributed by atoms with E-state index in [4.69, 9.17) is 9.47 Å². The highest BCUT2D eigenvalue weighted by Gasteiger charge is 2.76. The molecular formula is C19H27IO2. The Hall–Kier alpha value is 0.650. The standard InChI is InChI=1S/C19H27IO2/c1-17-9-15-14(21-15)7-10(17)3-4-11-12(17)5-6-18(2)13(11)8-16-19(18,20)22-16/h10-16H,3-9H2,1-2H3/t10-,11+,12-,13-,14-,15+,16+,17-,18-,19+/m0/s1. The molecule has 0 amide bonds. The molecule has 6 fully saturated rings. The molecule has 2 aliphatic heterocycles. The molecule has 122 valence electrons. The van der Waals surface area contributed by atoms with E-state index in [1.807, 2.05) is 0 Å². The quantitative estimate of drug-likeness (QED) is 0.330. The van der Waals surface area contributed by atoms with E-state index in [9.17, 15) is 0 Å². The zero-order valence-corrected chi connectivity index (χ0v) is 15.8. The van der Waals surface area contributed by atoms with Crippen LogP contribution in [0, 0.1) is 34.5 Å². The maximum Gasteiger partial charge on any atom is 0.151 e. The fourth-order valence-corrected chi connectivity index (χ4v) is 9.03. The SMILES string of the molecule is C[C@]12C[C@H]3O[C@H]3C[C@@H]1CC[C@@H]1[C@@H]2CC[C@@]2(C)[C@H]1C[C@H]1O[C@]12I. The number of hydrogen-bond acceptors (Lipinski definition) is 2. The van der Waals surface area contributed by atoms with Crippen molar-refractivity contribution < 1.29 is 9.47 Å². The van der Waals surface area contributed by atoms with Crippen LogP contribution in [0.15, 0.2) is 0 Å². The van der Waals surface area contributed by atoms with Crippen LogP contribution in [0.5, 0.6) is 0 Å². The first-order valence-corrected chi connectivity index (χ1v) is 10.6. The molecule has 0 spiro atoms. The van der Waals surface area contributed by atoms with Gasteiger partial charge in [0.05, 0.1) is 18.3 Å². The number of rotatable bonds is 0. The van der Waals surface area contributed by atoms with Gasteiger partial charge in [0.25, 0.3) is 0 Å². The van der Waals surface area contributed by atoms with Crippen molar-refractivity contribution in [3.8, 4) is 0 Å². The molecule has 0 N–H and O–H groups in total. The van der Waals surface area contributed by atoms with Crippen LogP contribution in [0.1, 0.15) is 58.8 Å². The van der Waals surface area contributed by atoms with Crippen LogP contribution >= 0.6 is 22.6 Å². The summed E-state index contributed by atoms with van der Waals surface area (Å²) in [4.78, 5) is 0. The Labute approximate surface area is 147 Å². The van der Waals surface area contributed by atoms with Gasteiger partial charge in [-0.15, -0.1) is 0 Å². The molecule has 0 aromatic carbocycles. The van der Waals surface area contributed by atoms with Crippen LogP contribution in [0.3, 0.4) is 0 Å². The van der Waals surface area contributed by atoms with Gasteiger partial charge in [-0.1, -0.05) is 13.8 Å². The number of epoxide rings is 2. The number of ether oxygens (including phenoxy) is 2. The van der Waals surface area contributed by atoms with E-state index in [0.29, 0.717) is 29.1 Å². The Morgan fingerprint density at radius 2 is 1.86 bits per heavy atom. The monoisotopic (exact) mass is 414 g/mol. The molecule has 3 heteroatoms. The average molecular weight is 414 g/mol. The van der Waals surface area contributed by atoms with Gasteiger partial charge in [-0.05, 0) is 96.6 Å². The summed E-state index contributed by atoms with van der Waals surface area (Å²) in [6.07, 6.45) is 11.7. The number of halogens is 1. The molecule has 2 nitrogen and oxygen atoms in total. The Kier molecular flexibility index (Phi) is 2.46. The first kappa shape index (κ1) is 13.9. The van der Waals surface area contributed by atoms with Gasteiger partial charge in [0.15, 0.2) is 3.61 Å². The lowest BCUT2D eigenvalue weighted by Crippen LogP contribution is -2.54. The molecule has 0 aromatic heterocycles. The Morgan fingerprint density at radius 3 is 2.73 bits per heavy atom. The molecule has 4 aliphatic carbocycles. The molecular weight excluding hydrogens is 387 g/mol. The molecule has 2 heterocycles. The highest BCUT2D eigenvalue weighted by molar-refractivity contribution is 14.1. The van der Waals surface area contributed by atoms with Crippen molar-refractivity contribution in [1.82, 2.24) is 0 Å². The van der Waals surface area contributed by atoms with E-state index in [-0.39, 0.29) is 3.61 Å². The predicted octanol–water partition coefficient (Wildman–Crippen LogP) is 4.55. The van der Waals surface area contributed by atoms with E-state index in [2.05, 4.69) is 36.4 Å². The maximum atomic E-state index is 6.11. The second-order valence-corrected chi connectivity index (χ2v) is 11.4. The van der Waals surface area contributed by atoms with Crippen LogP contribution in [-0.4, -0.2) is 21.9 Å². The summed E-state index contributed by atoms with van der Waals surface area (Å²) in [6, 6.07) is 0.